The molecule has 0 saturated heterocycles. The van der Waals surface area contributed by atoms with Gasteiger partial charge < -0.3 is 9.55 Å². The van der Waals surface area contributed by atoms with Crippen LogP contribution < -0.4 is 5.43 Å². The largest absolute Gasteiger partial charge is 0.418 e. The Hall–Kier alpha value is -3.76. The van der Waals surface area contributed by atoms with Crippen LogP contribution in [-0.4, -0.2) is 36.1 Å². The topological polar surface area (TPSA) is 101 Å². The summed E-state index contributed by atoms with van der Waals surface area (Å²) >= 11 is 0. The van der Waals surface area contributed by atoms with E-state index in [1.165, 1.54) is 18.6 Å². The van der Waals surface area contributed by atoms with Crippen LogP contribution in [0.15, 0.2) is 48.0 Å². The van der Waals surface area contributed by atoms with E-state index in [4.69, 9.17) is 0 Å². The number of hydrogen-bond donors (Lipinski definition) is 2. The molecule has 0 radical (unpaired) electrons. The fourth-order valence-corrected chi connectivity index (χ4v) is 3.32. The van der Waals surface area contributed by atoms with Gasteiger partial charge in [0.1, 0.15) is 11.4 Å². The van der Waals surface area contributed by atoms with Crippen LogP contribution in [0.2, 0.25) is 0 Å². The first-order valence-corrected chi connectivity index (χ1v) is 8.95. The molecular weight excluding hydrogens is 399 g/mol. The summed E-state index contributed by atoms with van der Waals surface area (Å²) in [7, 11) is 0. The lowest BCUT2D eigenvalue weighted by Crippen LogP contribution is -2.15. The maximum absolute atomic E-state index is 14.0. The van der Waals surface area contributed by atoms with Gasteiger partial charge in [-0.25, -0.2) is 10.4 Å². The maximum atomic E-state index is 14.0. The number of hydrogen-bond acceptors (Lipinski definition) is 5. The number of aromatic nitrogens is 5. The molecule has 3 aromatic heterocycles. The molecule has 4 rings (SSSR count). The number of rotatable bonds is 5. The lowest BCUT2D eigenvalue weighted by molar-refractivity contribution is -0.138. The van der Waals surface area contributed by atoms with Gasteiger partial charge in [-0.15, -0.1) is 0 Å². The zero-order valence-electron chi connectivity index (χ0n) is 15.7. The molecule has 0 unspecified atom stereocenters. The Kier molecular flexibility index (Phi) is 4.94. The summed E-state index contributed by atoms with van der Waals surface area (Å²) in [6.45, 7) is 1.91. The smallest absolute Gasteiger partial charge is 0.358 e. The highest BCUT2D eigenvalue weighted by molar-refractivity contribution is 6.32. The highest BCUT2D eigenvalue weighted by Gasteiger charge is 2.38. The number of aryl methyl sites for hydroxylation is 2. The summed E-state index contributed by atoms with van der Waals surface area (Å²) in [5.74, 6) is -0.615. The number of halogens is 3. The molecule has 154 valence electrons. The highest BCUT2D eigenvalue weighted by Crippen LogP contribution is 2.38. The lowest BCUT2D eigenvalue weighted by Gasteiger charge is -2.11. The summed E-state index contributed by atoms with van der Waals surface area (Å²) in [4.78, 5) is 26.9. The molecule has 1 aliphatic heterocycles. The zero-order valence-corrected chi connectivity index (χ0v) is 15.7. The molecule has 0 bridgehead atoms. The molecular formula is C19H16F3N7O. The summed E-state index contributed by atoms with van der Waals surface area (Å²) in [5, 5.41) is 3.90. The molecule has 0 aliphatic carbocycles. The fraction of sp³-hybridized carbons (Fsp3) is 0.211. The average Bonchev–Trinajstić information content (AvgIpc) is 3.41. The fourth-order valence-electron chi connectivity index (χ4n) is 3.32. The van der Waals surface area contributed by atoms with Crippen molar-refractivity contribution >= 4 is 17.7 Å². The van der Waals surface area contributed by atoms with Crippen LogP contribution in [0.25, 0.3) is 6.08 Å². The molecule has 0 spiro atoms. The average molecular weight is 415 g/mol. The van der Waals surface area contributed by atoms with E-state index in [1.807, 2.05) is 0 Å². The predicted octanol–water partition coefficient (Wildman–Crippen LogP) is 2.49. The number of H-pyrrole nitrogens is 1. The molecule has 2 N–H and O–H groups in total. The van der Waals surface area contributed by atoms with Gasteiger partial charge >= 0.3 is 6.18 Å². The predicted molar refractivity (Wildman–Crippen MR) is 101 cm³/mol. The van der Waals surface area contributed by atoms with Crippen molar-refractivity contribution in [1.82, 2.24) is 29.9 Å². The number of imidazole rings is 1. The number of aromatic amines is 1. The molecule has 8 nitrogen and oxygen atoms in total. The minimum absolute atomic E-state index is 0.0246. The van der Waals surface area contributed by atoms with Crippen molar-refractivity contribution in [2.75, 3.05) is 0 Å². The normalized spacial score (nSPS) is 15.5. The molecule has 3 aromatic rings. The maximum Gasteiger partial charge on any atom is 0.418 e. The Morgan fingerprint density at radius 3 is 2.70 bits per heavy atom. The first kappa shape index (κ1) is 19.6. The second-order valence-corrected chi connectivity index (χ2v) is 6.62. The Balaban J connectivity index is 1.75. The van der Waals surface area contributed by atoms with Gasteiger partial charge in [0, 0.05) is 37.0 Å². The minimum Gasteiger partial charge on any atom is -0.358 e. The van der Waals surface area contributed by atoms with Crippen molar-refractivity contribution < 1.29 is 18.0 Å². The third kappa shape index (κ3) is 3.73. The zero-order chi connectivity index (χ0) is 21.3. The Bertz CT molecular complexity index is 1130. The molecule has 0 atom stereocenters. The van der Waals surface area contributed by atoms with Gasteiger partial charge in [-0.3, -0.25) is 14.8 Å². The molecule has 1 amide bonds. The summed E-state index contributed by atoms with van der Waals surface area (Å²) in [6, 6.07) is 0. The molecule has 0 fully saturated rings. The minimum atomic E-state index is -4.61. The number of nitrogens with one attached hydrogen (secondary N) is 2. The standard InChI is InChI=1S/C19H16F3N7O/c1-11-12(2-6-29-7-5-24-10-29)16(19(20,21)22)14(26-11)8-13-17(27-28-18(13)30)15-9-23-3-4-25-15/h3-5,7-10,26H,2,6H2,1H3,(H,28,30). The van der Waals surface area contributed by atoms with Crippen molar-refractivity contribution in [1.29, 1.82) is 0 Å². The van der Waals surface area contributed by atoms with E-state index in [2.05, 4.69) is 30.5 Å². The van der Waals surface area contributed by atoms with Gasteiger partial charge in [0.05, 0.1) is 29.4 Å². The Morgan fingerprint density at radius 1 is 1.20 bits per heavy atom. The van der Waals surface area contributed by atoms with Gasteiger partial charge in [-0.05, 0) is 25.0 Å². The Labute approximate surface area is 168 Å². The van der Waals surface area contributed by atoms with Gasteiger partial charge in [0.25, 0.3) is 5.91 Å². The van der Waals surface area contributed by atoms with Crippen LogP contribution >= 0.6 is 0 Å². The SMILES string of the molecule is Cc1[nH]c(C=C2C(=O)NN=C2c2cnccn2)c(C(F)(F)F)c1CCn1ccnc1. The number of hydrazone groups is 1. The molecule has 0 aromatic carbocycles. The van der Waals surface area contributed by atoms with E-state index in [-0.39, 0.29) is 34.7 Å². The molecule has 1 aliphatic rings. The highest BCUT2D eigenvalue weighted by atomic mass is 19.4. The summed E-state index contributed by atoms with van der Waals surface area (Å²) in [5.41, 5.74) is 2.17. The van der Waals surface area contributed by atoms with E-state index in [9.17, 15) is 18.0 Å². The number of carbonyl (C=O) groups is 1. The van der Waals surface area contributed by atoms with Gasteiger partial charge in [-0.1, -0.05) is 0 Å². The van der Waals surface area contributed by atoms with Crippen LogP contribution in [0, 0.1) is 6.92 Å². The number of alkyl halides is 3. The van der Waals surface area contributed by atoms with E-state index in [1.54, 1.807) is 30.2 Å². The van der Waals surface area contributed by atoms with Crippen LogP contribution in [0.5, 0.6) is 0 Å². The number of nitrogens with zero attached hydrogens (tertiary/aromatic N) is 5. The van der Waals surface area contributed by atoms with Crippen molar-refractivity contribution in [3.8, 4) is 0 Å². The van der Waals surface area contributed by atoms with E-state index >= 15 is 0 Å². The van der Waals surface area contributed by atoms with Crippen LogP contribution in [0.4, 0.5) is 13.2 Å². The van der Waals surface area contributed by atoms with Crippen molar-refractivity contribution in [2.24, 2.45) is 5.10 Å². The second-order valence-electron chi connectivity index (χ2n) is 6.62. The molecule has 30 heavy (non-hydrogen) atoms. The van der Waals surface area contributed by atoms with Crippen LogP contribution in [-0.2, 0) is 23.9 Å². The third-order valence-electron chi connectivity index (χ3n) is 4.67. The van der Waals surface area contributed by atoms with Gasteiger partial charge in [-0.2, -0.15) is 18.3 Å². The van der Waals surface area contributed by atoms with Crippen LogP contribution in [0.3, 0.4) is 0 Å². The van der Waals surface area contributed by atoms with E-state index < -0.39 is 17.6 Å². The van der Waals surface area contributed by atoms with Gasteiger partial charge in [0.2, 0.25) is 0 Å². The second kappa shape index (κ2) is 7.58. The number of amides is 1. The van der Waals surface area contributed by atoms with E-state index in [0.29, 0.717) is 12.2 Å². The molecule has 0 saturated carbocycles. The van der Waals surface area contributed by atoms with Crippen molar-refractivity contribution in [3.63, 3.8) is 0 Å². The molecule has 4 heterocycles. The van der Waals surface area contributed by atoms with E-state index in [0.717, 1.165) is 6.08 Å². The van der Waals surface area contributed by atoms with Crippen molar-refractivity contribution in [3.05, 3.63) is 71.1 Å². The quantitative estimate of drug-likeness (QED) is 0.625. The molecule has 11 heteroatoms. The first-order chi connectivity index (χ1) is 14.3. The Morgan fingerprint density at radius 2 is 2.03 bits per heavy atom. The van der Waals surface area contributed by atoms with Crippen LogP contribution in [0.1, 0.15) is 28.2 Å². The third-order valence-corrected chi connectivity index (χ3v) is 4.67. The summed E-state index contributed by atoms with van der Waals surface area (Å²) < 4.78 is 43.6. The van der Waals surface area contributed by atoms with Gasteiger partial charge in [0.15, 0.2) is 0 Å². The lowest BCUT2D eigenvalue weighted by atomic mass is 10.0. The van der Waals surface area contributed by atoms with Crippen molar-refractivity contribution in [2.45, 2.75) is 26.1 Å². The summed E-state index contributed by atoms with van der Waals surface area (Å²) in [6.07, 6.45) is 5.73. The number of carbonyl (C=O) groups excluding carboxylic acids is 1. The monoisotopic (exact) mass is 415 g/mol. The first-order valence-electron chi connectivity index (χ1n) is 8.95.